The number of imidazole rings is 1. The first-order valence-electron chi connectivity index (χ1n) is 9.65. The number of H-pyrrole nitrogens is 1. The van der Waals surface area contributed by atoms with Crippen molar-refractivity contribution in [3.8, 4) is 0 Å². The molecule has 0 amide bonds. The molecule has 0 atom stereocenters. The third-order valence-corrected chi connectivity index (χ3v) is 4.69. The average Bonchev–Trinajstić information content (AvgIpc) is 3.18. The second-order valence-electron chi connectivity index (χ2n) is 7.31. The highest BCUT2D eigenvalue weighted by molar-refractivity contribution is 5.80. The van der Waals surface area contributed by atoms with Gasteiger partial charge in [0.05, 0.1) is 22.5 Å². The number of fused-ring (bicyclic) bond motifs is 1. The van der Waals surface area contributed by atoms with Gasteiger partial charge in [0.1, 0.15) is 11.6 Å². The summed E-state index contributed by atoms with van der Waals surface area (Å²) < 4.78 is 146. The van der Waals surface area contributed by atoms with Crippen LogP contribution < -0.4 is 10.6 Å². The molecule has 2 aromatic carbocycles. The van der Waals surface area contributed by atoms with Crippen molar-refractivity contribution in [3.63, 3.8) is 0 Å². The fourth-order valence-electron chi connectivity index (χ4n) is 2.99. The SMILES string of the molecule is Fc1ccc(C(F)(F)F)cc1Nc1nc2nc(C(F)(F)F)[nH]c2nc1Nc1cc(C(F)(F)F)ccc1F. The first-order chi connectivity index (χ1) is 17.0. The van der Waals surface area contributed by atoms with Gasteiger partial charge in [-0.15, -0.1) is 0 Å². The molecule has 0 bridgehead atoms. The highest BCUT2D eigenvalue weighted by Crippen LogP contribution is 2.37. The predicted octanol–water partition coefficient (Wildman–Crippen LogP) is 7.17. The smallest absolute Gasteiger partial charge is 0.335 e. The van der Waals surface area contributed by atoms with Gasteiger partial charge in [-0.3, -0.25) is 0 Å². The van der Waals surface area contributed by atoms with E-state index in [2.05, 4.69) is 25.6 Å². The van der Waals surface area contributed by atoms with Gasteiger partial charge in [-0.2, -0.15) is 39.5 Å². The Bertz CT molecular complexity index is 1370. The van der Waals surface area contributed by atoms with E-state index < -0.39 is 81.4 Å². The summed E-state index contributed by atoms with van der Waals surface area (Å²) in [5, 5.41) is 4.18. The third-order valence-electron chi connectivity index (χ3n) is 4.69. The van der Waals surface area contributed by atoms with Crippen molar-refractivity contribution < 1.29 is 48.3 Å². The largest absolute Gasteiger partial charge is 0.449 e. The van der Waals surface area contributed by atoms with Crippen LogP contribution in [0.5, 0.6) is 0 Å². The first kappa shape index (κ1) is 25.9. The molecule has 2 aromatic heterocycles. The van der Waals surface area contributed by atoms with Crippen LogP contribution in [0.2, 0.25) is 0 Å². The molecule has 0 unspecified atom stereocenters. The first-order valence-corrected chi connectivity index (χ1v) is 9.65. The third kappa shape index (κ3) is 5.49. The van der Waals surface area contributed by atoms with Gasteiger partial charge in [-0.25, -0.2) is 23.7 Å². The van der Waals surface area contributed by atoms with Gasteiger partial charge in [0, 0.05) is 0 Å². The molecule has 0 aliphatic carbocycles. The molecular weight excluding hydrogens is 533 g/mol. The van der Waals surface area contributed by atoms with Crippen LogP contribution in [0.3, 0.4) is 0 Å². The summed E-state index contributed by atoms with van der Waals surface area (Å²) in [6.45, 7) is 0. The van der Waals surface area contributed by atoms with Gasteiger partial charge in [0.2, 0.25) is 5.82 Å². The van der Waals surface area contributed by atoms with Gasteiger partial charge in [0.15, 0.2) is 22.9 Å². The van der Waals surface area contributed by atoms with Gasteiger partial charge >= 0.3 is 18.5 Å². The Labute approximate surface area is 197 Å². The van der Waals surface area contributed by atoms with Crippen LogP contribution in [-0.4, -0.2) is 19.9 Å². The number of benzene rings is 2. The van der Waals surface area contributed by atoms with Crippen LogP contribution in [0.25, 0.3) is 11.3 Å². The van der Waals surface area contributed by atoms with Crippen LogP contribution in [-0.2, 0) is 18.5 Å². The number of hydrogen-bond donors (Lipinski definition) is 3. The topological polar surface area (TPSA) is 78.5 Å². The Kier molecular flexibility index (Phi) is 6.12. The zero-order valence-corrected chi connectivity index (χ0v) is 17.5. The summed E-state index contributed by atoms with van der Waals surface area (Å²) in [5.41, 5.74) is -5.78. The molecule has 4 rings (SSSR count). The molecule has 4 aromatic rings. The minimum Gasteiger partial charge on any atom is -0.335 e. The van der Waals surface area contributed by atoms with E-state index in [4.69, 9.17) is 0 Å². The van der Waals surface area contributed by atoms with E-state index >= 15 is 0 Å². The summed E-state index contributed by atoms with van der Waals surface area (Å²) in [5.74, 6) is -5.64. The summed E-state index contributed by atoms with van der Waals surface area (Å²) in [4.78, 5) is 12.3. The second kappa shape index (κ2) is 8.74. The number of aromatic amines is 1. The van der Waals surface area contributed by atoms with E-state index in [1.807, 2.05) is 0 Å². The van der Waals surface area contributed by atoms with E-state index in [9.17, 15) is 48.3 Å². The molecule has 0 saturated heterocycles. The highest BCUT2D eigenvalue weighted by atomic mass is 19.4. The molecule has 3 N–H and O–H groups in total. The molecule has 0 aliphatic rings. The maximum atomic E-state index is 14.3. The molecular formula is C20H9F11N6. The number of rotatable bonds is 4. The Morgan fingerprint density at radius 1 is 0.595 bits per heavy atom. The lowest BCUT2D eigenvalue weighted by molar-refractivity contribution is -0.144. The molecule has 0 fully saturated rings. The molecule has 2 heterocycles. The second-order valence-corrected chi connectivity index (χ2v) is 7.31. The molecule has 196 valence electrons. The highest BCUT2D eigenvalue weighted by Gasteiger charge is 2.36. The van der Waals surface area contributed by atoms with Crippen LogP contribution in [0.15, 0.2) is 36.4 Å². The van der Waals surface area contributed by atoms with E-state index in [-0.39, 0.29) is 0 Å². The van der Waals surface area contributed by atoms with E-state index in [0.717, 1.165) is 0 Å². The summed E-state index contributed by atoms with van der Waals surface area (Å²) in [6.07, 6.45) is -14.8. The van der Waals surface area contributed by atoms with Crippen LogP contribution in [0, 0.1) is 11.6 Å². The van der Waals surface area contributed by atoms with Gasteiger partial charge < -0.3 is 15.6 Å². The predicted molar refractivity (Wildman–Crippen MR) is 106 cm³/mol. The Morgan fingerprint density at radius 3 is 1.49 bits per heavy atom. The Hall–Kier alpha value is -4.18. The zero-order chi connectivity index (χ0) is 27.3. The van der Waals surface area contributed by atoms with E-state index in [1.165, 1.54) is 0 Å². The number of alkyl halides is 9. The van der Waals surface area contributed by atoms with Crippen molar-refractivity contribution in [1.29, 1.82) is 0 Å². The fourth-order valence-corrected chi connectivity index (χ4v) is 2.99. The molecule has 0 radical (unpaired) electrons. The monoisotopic (exact) mass is 542 g/mol. The Balaban J connectivity index is 1.86. The molecule has 0 aliphatic heterocycles. The summed E-state index contributed by atoms with van der Waals surface area (Å²) >= 11 is 0. The number of halogens is 11. The van der Waals surface area contributed by atoms with Crippen LogP contribution in [0.4, 0.5) is 71.3 Å². The maximum absolute atomic E-state index is 14.3. The van der Waals surface area contributed by atoms with Gasteiger partial charge in [-0.05, 0) is 36.4 Å². The summed E-state index contributed by atoms with van der Waals surface area (Å²) in [6, 6.07) is 2.32. The van der Waals surface area contributed by atoms with Gasteiger partial charge in [-0.1, -0.05) is 0 Å². The van der Waals surface area contributed by atoms with Crippen molar-refractivity contribution in [2.75, 3.05) is 10.6 Å². The number of aromatic nitrogens is 4. The van der Waals surface area contributed by atoms with E-state index in [0.29, 0.717) is 36.4 Å². The van der Waals surface area contributed by atoms with Crippen LogP contribution >= 0.6 is 0 Å². The summed E-state index contributed by atoms with van der Waals surface area (Å²) in [7, 11) is 0. The van der Waals surface area contributed by atoms with Crippen molar-refractivity contribution >= 4 is 34.3 Å². The lowest BCUT2D eigenvalue weighted by Gasteiger charge is -2.15. The minimum absolute atomic E-state index is 0.307. The zero-order valence-electron chi connectivity index (χ0n) is 17.5. The lowest BCUT2D eigenvalue weighted by Crippen LogP contribution is -2.09. The number of nitrogens with zero attached hydrogens (tertiary/aromatic N) is 3. The van der Waals surface area contributed by atoms with Crippen LogP contribution in [0.1, 0.15) is 17.0 Å². The normalized spacial score (nSPS) is 12.7. The molecule has 0 spiro atoms. The number of anilines is 4. The standard InChI is InChI=1S/C20H9F11N6/c21-9-3-1-7(18(23,24)25)5-11(9)32-13-14(33-12-6-8(19(26,27)28)2-4-10(12)22)35-16-15(34-13)36-17(37-16)20(29,30)31/h1-6H,(H3,32,33,34,35,36,37). The minimum atomic E-state index is -5.01. The molecule has 17 heteroatoms. The molecule has 37 heavy (non-hydrogen) atoms. The van der Waals surface area contributed by atoms with Gasteiger partial charge in [0.25, 0.3) is 0 Å². The Morgan fingerprint density at radius 2 is 1.05 bits per heavy atom. The van der Waals surface area contributed by atoms with Crippen molar-refractivity contribution in [2.45, 2.75) is 18.5 Å². The lowest BCUT2D eigenvalue weighted by atomic mass is 10.2. The van der Waals surface area contributed by atoms with Crippen molar-refractivity contribution in [1.82, 2.24) is 19.9 Å². The van der Waals surface area contributed by atoms with Crippen molar-refractivity contribution in [3.05, 3.63) is 65.0 Å². The fraction of sp³-hybridized carbons (Fsp3) is 0.150. The molecule has 0 saturated carbocycles. The van der Waals surface area contributed by atoms with E-state index in [1.54, 1.807) is 4.98 Å². The molecule has 6 nitrogen and oxygen atoms in total. The average molecular weight is 542 g/mol. The number of hydrogen-bond acceptors (Lipinski definition) is 5. The van der Waals surface area contributed by atoms with Crippen molar-refractivity contribution in [2.24, 2.45) is 0 Å². The number of nitrogens with one attached hydrogen (secondary N) is 3. The maximum Gasteiger partial charge on any atom is 0.449 e. The quantitative estimate of drug-likeness (QED) is 0.238.